The first-order valence-electron chi connectivity index (χ1n) is 10.6. The third-order valence-corrected chi connectivity index (χ3v) is 5.56. The molecule has 0 unspecified atom stereocenters. The van der Waals surface area contributed by atoms with E-state index in [4.69, 9.17) is 10.5 Å². The summed E-state index contributed by atoms with van der Waals surface area (Å²) in [5.74, 6) is 0.760. The molecule has 2 aromatic carbocycles. The molecule has 5 aromatic rings. The number of aromatic amines is 1. The smallest absolute Gasteiger partial charge is 0.432 e. The van der Waals surface area contributed by atoms with Crippen molar-refractivity contribution in [2.24, 2.45) is 7.05 Å². The summed E-state index contributed by atoms with van der Waals surface area (Å²) in [6.45, 7) is 0. The van der Waals surface area contributed by atoms with E-state index in [1.54, 1.807) is 29.8 Å². The Hall–Kier alpha value is -4.55. The number of benzene rings is 2. The number of imidazole rings is 2. The van der Waals surface area contributed by atoms with Crippen molar-refractivity contribution in [3.8, 4) is 34.4 Å². The summed E-state index contributed by atoms with van der Waals surface area (Å²) in [6, 6.07) is 10.8. The quantitative estimate of drug-likeness (QED) is 0.211. The van der Waals surface area contributed by atoms with Crippen molar-refractivity contribution < 1.29 is 31.1 Å². The summed E-state index contributed by atoms with van der Waals surface area (Å²) in [6.07, 6.45) is -7.08. The van der Waals surface area contributed by atoms with Crippen LogP contribution in [0.3, 0.4) is 0 Å². The van der Waals surface area contributed by atoms with Gasteiger partial charge in [-0.15, -0.1) is 0 Å². The summed E-state index contributed by atoms with van der Waals surface area (Å²) in [4.78, 5) is 14.4. The van der Waals surface area contributed by atoms with Gasteiger partial charge in [0.05, 0.1) is 22.8 Å². The predicted molar refractivity (Wildman–Crippen MR) is 122 cm³/mol. The Morgan fingerprint density at radius 2 is 1.65 bits per heavy atom. The fraction of sp³-hybridized carbons (Fsp3) is 0.125. The molecule has 3 aromatic heterocycles. The van der Waals surface area contributed by atoms with Crippen molar-refractivity contribution >= 4 is 16.7 Å². The van der Waals surface area contributed by atoms with Crippen molar-refractivity contribution in [1.82, 2.24) is 24.5 Å². The number of halogens is 6. The Balaban J connectivity index is 1.46. The van der Waals surface area contributed by atoms with E-state index in [0.29, 0.717) is 23.0 Å². The van der Waals surface area contributed by atoms with E-state index in [1.807, 2.05) is 0 Å². The number of hydrogen-bond acceptors (Lipinski definition) is 5. The lowest BCUT2D eigenvalue weighted by Crippen LogP contribution is -2.06. The Bertz CT molecular complexity index is 1620. The molecule has 0 saturated heterocycles. The third-order valence-electron chi connectivity index (χ3n) is 5.56. The van der Waals surface area contributed by atoms with Crippen LogP contribution >= 0.6 is 0 Å². The molecule has 0 amide bonds. The molecule has 0 saturated carbocycles. The number of hydrogen-bond donors (Lipinski definition) is 2. The number of anilines is 1. The largest absolute Gasteiger partial charge is 0.457 e. The predicted octanol–water partition coefficient (Wildman–Crippen LogP) is 6.44. The number of pyridine rings is 1. The van der Waals surface area contributed by atoms with Crippen molar-refractivity contribution in [3.05, 3.63) is 72.2 Å². The number of ether oxygens (including phenoxy) is 1. The number of nitrogens with one attached hydrogen (secondary N) is 1. The molecule has 5 rings (SSSR count). The van der Waals surface area contributed by atoms with Gasteiger partial charge >= 0.3 is 12.4 Å². The maximum Gasteiger partial charge on any atom is 0.432 e. The molecule has 0 atom stereocenters. The number of nitrogens with two attached hydrogens (primary N) is 1. The highest BCUT2D eigenvalue weighted by Crippen LogP contribution is 2.36. The summed E-state index contributed by atoms with van der Waals surface area (Å²) < 4.78 is 85.7. The molecule has 0 aliphatic carbocycles. The van der Waals surface area contributed by atoms with Crippen molar-refractivity contribution in [2.75, 3.05) is 5.73 Å². The first-order chi connectivity index (χ1) is 17.4. The minimum absolute atomic E-state index is 0.0822. The minimum Gasteiger partial charge on any atom is -0.457 e. The van der Waals surface area contributed by atoms with E-state index < -0.39 is 23.6 Å². The van der Waals surface area contributed by atoms with Crippen LogP contribution in [0.15, 0.2) is 60.9 Å². The van der Waals surface area contributed by atoms with Crippen LogP contribution in [-0.4, -0.2) is 24.5 Å². The second kappa shape index (κ2) is 8.54. The second-order valence-corrected chi connectivity index (χ2v) is 8.07. The van der Waals surface area contributed by atoms with Crippen LogP contribution in [0.2, 0.25) is 0 Å². The van der Waals surface area contributed by atoms with E-state index in [1.165, 1.54) is 24.4 Å². The molecule has 0 fully saturated rings. The average molecular weight is 518 g/mol. The number of fused-ring (bicyclic) bond motifs is 1. The van der Waals surface area contributed by atoms with Gasteiger partial charge in [-0.25, -0.2) is 9.97 Å². The lowest BCUT2D eigenvalue weighted by molar-refractivity contribution is -0.141. The van der Waals surface area contributed by atoms with Gasteiger partial charge in [-0.3, -0.25) is 4.98 Å². The number of nitrogens with zero attached hydrogens (tertiary/aromatic N) is 4. The van der Waals surface area contributed by atoms with E-state index in [0.717, 1.165) is 12.1 Å². The van der Waals surface area contributed by atoms with Gasteiger partial charge in [0.25, 0.3) is 0 Å². The number of aromatic nitrogens is 5. The molecule has 190 valence electrons. The summed E-state index contributed by atoms with van der Waals surface area (Å²) in [5, 5.41) is 0. The van der Waals surface area contributed by atoms with Crippen LogP contribution in [0.4, 0.5) is 32.0 Å². The van der Waals surface area contributed by atoms with Gasteiger partial charge < -0.3 is 20.0 Å². The first-order valence-corrected chi connectivity index (χ1v) is 10.6. The zero-order chi connectivity index (χ0) is 26.5. The topological polar surface area (TPSA) is 94.6 Å². The SMILES string of the molecule is Cn1c(-c2cc(C(F)(F)F)ccc2N)nc2cc(Oc3ccnc(-c4ncc(C(F)(F)F)[nH]4)c3)ccc21. The van der Waals surface area contributed by atoms with Gasteiger partial charge in [0.2, 0.25) is 0 Å². The maximum absolute atomic E-state index is 13.2. The van der Waals surface area contributed by atoms with E-state index in [2.05, 4.69) is 19.9 Å². The average Bonchev–Trinajstić information content (AvgIpc) is 3.44. The minimum atomic E-state index is -4.57. The van der Waals surface area contributed by atoms with Crippen molar-refractivity contribution in [3.63, 3.8) is 0 Å². The molecule has 37 heavy (non-hydrogen) atoms. The van der Waals surface area contributed by atoms with Gasteiger partial charge in [-0.05, 0) is 36.4 Å². The Morgan fingerprint density at radius 3 is 2.35 bits per heavy atom. The zero-order valence-electron chi connectivity index (χ0n) is 18.8. The monoisotopic (exact) mass is 518 g/mol. The Kier molecular flexibility index (Phi) is 5.57. The molecule has 0 aliphatic heterocycles. The van der Waals surface area contributed by atoms with E-state index >= 15 is 0 Å². The van der Waals surface area contributed by atoms with Gasteiger partial charge in [0.15, 0.2) is 5.82 Å². The standard InChI is InChI=1S/C24H16F6N6O/c1-36-19-5-3-13(9-17(19)34-22(36)15-8-12(23(25,26)27)2-4-16(15)31)37-14-6-7-32-18(10-14)21-33-11-20(35-21)24(28,29)30/h2-11H,31H2,1H3,(H,33,35). The summed E-state index contributed by atoms with van der Waals surface area (Å²) in [7, 11) is 1.65. The van der Waals surface area contributed by atoms with Crippen molar-refractivity contribution in [1.29, 1.82) is 0 Å². The normalized spacial score (nSPS) is 12.3. The summed E-state index contributed by atoms with van der Waals surface area (Å²) in [5.41, 5.74) is 5.55. The number of aryl methyl sites for hydroxylation is 1. The molecule has 3 heterocycles. The molecule has 3 N–H and O–H groups in total. The number of H-pyrrole nitrogens is 1. The van der Waals surface area contributed by atoms with Crippen LogP contribution in [0.1, 0.15) is 11.3 Å². The highest BCUT2D eigenvalue weighted by molar-refractivity contribution is 5.84. The fourth-order valence-corrected chi connectivity index (χ4v) is 3.75. The molecule has 13 heteroatoms. The highest BCUT2D eigenvalue weighted by atomic mass is 19.4. The molecule has 0 radical (unpaired) electrons. The lowest BCUT2D eigenvalue weighted by Gasteiger charge is -2.11. The Labute approximate surface area is 204 Å². The van der Waals surface area contributed by atoms with Crippen LogP contribution in [0.25, 0.3) is 33.9 Å². The third kappa shape index (κ3) is 4.67. The van der Waals surface area contributed by atoms with Crippen LogP contribution in [0, 0.1) is 0 Å². The maximum atomic E-state index is 13.2. The molecule has 0 spiro atoms. The first kappa shape index (κ1) is 24.2. The van der Waals surface area contributed by atoms with Crippen LogP contribution < -0.4 is 10.5 Å². The van der Waals surface area contributed by atoms with E-state index in [9.17, 15) is 26.3 Å². The van der Waals surface area contributed by atoms with Gasteiger partial charge in [0, 0.05) is 36.6 Å². The van der Waals surface area contributed by atoms with Gasteiger partial charge in [-0.2, -0.15) is 26.3 Å². The molecule has 7 nitrogen and oxygen atoms in total. The molecular formula is C24H16F6N6O. The zero-order valence-corrected chi connectivity index (χ0v) is 18.8. The molecule has 0 aliphatic rings. The lowest BCUT2D eigenvalue weighted by atomic mass is 10.1. The van der Waals surface area contributed by atoms with E-state index in [-0.39, 0.29) is 34.3 Å². The second-order valence-electron chi connectivity index (χ2n) is 8.07. The highest BCUT2D eigenvalue weighted by Gasteiger charge is 2.33. The molecular weight excluding hydrogens is 502 g/mol. The van der Waals surface area contributed by atoms with Crippen LogP contribution in [-0.2, 0) is 19.4 Å². The molecule has 0 bridgehead atoms. The number of nitrogen functional groups attached to an aromatic ring is 1. The number of rotatable bonds is 4. The number of alkyl halides is 6. The Morgan fingerprint density at radius 1 is 0.892 bits per heavy atom. The van der Waals surface area contributed by atoms with Crippen LogP contribution in [0.5, 0.6) is 11.5 Å². The van der Waals surface area contributed by atoms with Gasteiger partial charge in [-0.1, -0.05) is 0 Å². The summed E-state index contributed by atoms with van der Waals surface area (Å²) >= 11 is 0. The van der Waals surface area contributed by atoms with Gasteiger partial charge in [0.1, 0.15) is 28.7 Å². The van der Waals surface area contributed by atoms with Crippen molar-refractivity contribution in [2.45, 2.75) is 12.4 Å². The fourth-order valence-electron chi connectivity index (χ4n) is 3.75.